The SMILES string of the molecule is Cn1c(=O)n(Cc2ccc(Cl)cc2)c(=O)c2c1nc(Oc1cccc(OC(F)(F)F)c1)n2Cc1ccc(Cl)cc1. The highest BCUT2D eigenvalue weighted by Crippen LogP contribution is 2.30. The Labute approximate surface area is 234 Å². The summed E-state index contributed by atoms with van der Waals surface area (Å²) in [7, 11) is 1.46. The lowest BCUT2D eigenvalue weighted by molar-refractivity contribution is -0.274. The number of aromatic nitrogens is 4. The second kappa shape index (κ2) is 10.7. The number of nitrogens with zero attached hydrogens (tertiary/aromatic N) is 4. The van der Waals surface area contributed by atoms with Crippen molar-refractivity contribution in [2.24, 2.45) is 7.05 Å². The number of alkyl halides is 3. The third-order valence-electron chi connectivity index (χ3n) is 5.95. The van der Waals surface area contributed by atoms with E-state index in [9.17, 15) is 22.8 Å². The van der Waals surface area contributed by atoms with Gasteiger partial charge in [-0.2, -0.15) is 4.98 Å². The van der Waals surface area contributed by atoms with Crippen LogP contribution in [0.15, 0.2) is 82.4 Å². The molecule has 0 N–H and O–H groups in total. The van der Waals surface area contributed by atoms with Crippen LogP contribution < -0.4 is 20.7 Å². The topological polar surface area (TPSA) is 80.3 Å². The van der Waals surface area contributed by atoms with Crippen LogP contribution in [0.1, 0.15) is 11.1 Å². The van der Waals surface area contributed by atoms with Gasteiger partial charge < -0.3 is 9.47 Å². The van der Waals surface area contributed by atoms with Gasteiger partial charge in [0.05, 0.1) is 13.1 Å². The number of fused-ring (bicyclic) bond motifs is 1. The van der Waals surface area contributed by atoms with Gasteiger partial charge in [0, 0.05) is 23.2 Å². The maximum Gasteiger partial charge on any atom is 0.573 e. The van der Waals surface area contributed by atoms with E-state index < -0.39 is 23.4 Å². The molecule has 40 heavy (non-hydrogen) atoms. The van der Waals surface area contributed by atoms with Gasteiger partial charge in [-0.25, -0.2) is 4.79 Å². The van der Waals surface area contributed by atoms with Crippen molar-refractivity contribution in [1.82, 2.24) is 18.7 Å². The fraction of sp³-hybridized carbons (Fsp3) is 0.148. The van der Waals surface area contributed by atoms with Gasteiger partial charge >= 0.3 is 18.1 Å². The third kappa shape index (κ3) is 5.85. The first-order valence-electron chi connectivity index (χ1n) is 11.7. The fourth-order valence-corrected chi connectivity index (χ4v) is 4.35. The molecule has 8 nitrogen and oxygen atoms in total. The van der Waals surface area contributed by atoms with Gasteiger partial charge in [0.2, 0.25) is 0 Å². The highest BCUT2D eigenvalue weighted by molar-refractivity contribution is 6.30. The molecular weight excluding hydrogens is 572 g/mol. The highest BCUT2D eigenvalue weighted by Gasteiger charge is 2.31. The summed E-state index contributed by atoms with van der Waals surface area (Å²) in [4.78, 5) is 31.3. The highest BCUT2D eigenvalue weighted by atomic mass is 35.5. The first kappa shape index (κ1) is 27.4. The Bertz CT molecular complexity index is 1810. The second-order valence-electron chi connectivity index (χ2n) is 8.76. The molecule has 0 saturated carbocycles. The van der Waals surface area contributed by atoms with Crippen LogP contribution in [-0.2, 0) is 20.1 Å². The number of benzene rings is 3. The minimum Gasteiger partial charge on any atom is -0.425 e. The molecule has 2 heterocycles. The van der Waals surface area contributed by atoms with Crippen LogP contribution in [0.4, 0.5) is 13.2 Å². The molecule has 3 aromatic carbocycles. The lowest BCUT2D eigenvalue weighted by atomic mass is 10.2. The molecule has 0 unspecified atom stereocenters. The van der Waals surface area contributed by atoms with E-state index in [1.807, 2.05) is 0 Å². The molecule has 5 rings (SSSR count). The summed E-state index contributed by atoms with van der Waals surface area (Å²) in [5.74, 6) is -0.524. The standard InChI is InChI=1S/C27H19Cl2F3N4O4/c1-34-23-22(24(37)36(26(34)38)15-17-7-11-19(29)12-8-17)35(14-16-5-9-18(28)10-6-16)25(33-23)39-20-3-2-4-21(13-20)40-27(30,31)32/h2-13H,14-15H2,1H3. The monoisotopic (exact) mass is 590 g/mol. The van der Waals surface area contributed by atoms with E-state index in [4.69, 9.17) is 27.9 Å². The zero-order chi connectivity index (χ0) is 28.6. The summed E-state index contributed by atoms with van der Waals surface area (Å²) in [5, 5.41) is 1.01. The van der Waals surface area contributed by atoms with Crippen LogP contribution in [-0.4, -0.2) is 25.0 Å². The third-order valence-corrected chi connectivity index (χ3v) is 6.46. The molecule has 0 aliphatic carbocycles. The first-order valence-corrected chi connectivity index (χ1v) is 12.5. The quantitative estimate of drug-likeness (QED) is 0.232. The van der Waals surface area contributed by atoms with Crippen LogP contribution >= 0.6 is 23.2 Å². The van der Waals surface area contributed by atoms with Gasteiger partial charge in [-0.1, -0.05) is 53.5 Å². The van der Waals surface area contributed by atoms with Crippen molar-refractivity contribution >= 4 is 34.4 Å². The van der Waals surface area contributed by atoms with Crippen LogP contribution in [0, 0.1) is 0 Å². The molecule has 5 aromatic rings. The maximum atomic E-state index is 13.8. The number of ether oxygens (including phenoxy) is 2. The van der Waals surface area contributed by atoms with Gasteiger partial charge in [0.1, 0.15) is 11.5 Å². The molecule has 0 atom stereocenters. The molecule has 0 spiro atoms. The summed E-state index contributed by atoms with van der Waals surface area (Å²) in [6, 6.07) is 18.3. The molecule has 0 aliphatic heterocycles. The average molecular weight is 591 g/mol. The minimum atomic E-state index is -4.90. The van der Waals surface area contributed by atoms with Crippen molar-refractivity contribution in [2.75, 3.05) is 0 Å². The molecule has 0 aliphatic rings. The van der Waals surface area contributed by atoms with Gasteiger partial charge in [0.25, 0.3) is 5.56 Å². The maximum absolute atomic E-state index is 13.8. The Hall–Kier alpha value is -4.22. The molecule has 13 heteroatoms. The van der Waals surface area contributed by atoms with E-state index in [2.05, 4.69) is 9.72 Å². The lowest BCUT2D eigenvalue weighted by Gasteiger charge is -2.13. The average Bonchev–Trinajstić information content (AvgIpc) is 3.24. The second-order valence-corrected chi connectivity index (χ2v) is 9.64. The van der Waals surface area contributed by atoms with Crippen molar-refractivity contribution in [3.8, 4) is 17.5 Å². The Morgan fingerprint density at radius 2 is 1.38 bits per heavy atom. The number of hydrogen-bond donors (Lipinski definition) is 0. The Kier molecular flexibility index (Phi) is 7.35. The van der Waals surface area contributed by atoms with Crippen LogP contribution in [0.3, 0.4) is 0 Å². The van der Waals surface area contributed by atoms with Gasteiger partial charge in [-0.15, -0.1) is 13.2 Å². The van der Waals surface area contributed by atoms with E-state index in [1.54, 1.807) is 48.5 Å². The van der Waals surface area contributed by atoms with E-state index in [0.29, 0.717) is 15.6 Å². The molecule has 0 fully saturated rings. The van der Waals surface area contributed by atoms with Crippen molar-refractivity contribution in [2.45, 2.75) is 19.5 Å². The minimum absolute atomic E-state index is 0.0269. The van der Waals surface area contributed by atoms with Gasteiger partial charge in [0.15, 0.2) is 11.2 Å². The zero-order valence-corrected chi connectivity index (χ0v) is 22.2. The van der Waals surface area contributed by atoms with Crippen LogP contribution in [0.2, 0.25) is 10.0 Å². The number of halogens is 5. The van der Waals surface area contributed by atoms with Crippen molar-refractivity contribution in [3.05, 3.63) is 115 Å². The number of imidazole rings is 1. The molecule has 0 amide bonds. The van der Waals surface area contributed by atoms with Gasteiger partial charge in [-0.05, 0) is 47.5 Å². The molecule has 0 saturated heterocycles. The Balaban J connectivity index is 1.65. The Morgan fingerprint density at radius 3 is 1.95 bits per heavy atom. The molecule has 206 valence electrons. The fourth-order valence-electron chi connectivity index (χ4n) is 4.10. The predicted octanol–water partition coefficient (Wildman–Crippen LogP) is 5.99. The van der Waals surface area contributed by atoms with E-state index >= 15 is 0 Å². The molecule has 0 radical (unpaired) electrons. The van der Waals surface area contributed by atoms with Crippen molar-refractivity contribution < 1.29 is 22.6 Å². The van der Waals surface area contributed by atoms with Crippen LogP contribution in [0.25, 0.3) is 11.2 Å². The van der Waals surface area contributed by atoms with Crippen molar-refractivity contribution in [3.63, 3.8) is 0 Å². The van der Waals surface area contributed by atoms with E-state index in [-0.39, 0.29) is 36.0 Å². The van der Waals surface area contributed by atoms with Crippen LogP contribution in [0.5, 0.6) is 17.5 Å². The Morgan fingerprint density at radius 1 is 0.825 bits per heavy atom. The summed E-state index contributed by atoms with van der Waals surface area (Å²) in [6.07, 6.45) is -4.90. The summed E-state index contributed by atoms with van der Waals surface area (Å²) in [5.41, 5.74) is 0.247. The summed E-state index contributed by atoms with van der Waals surface area (Å²) in [6.45, 7) is 0.0495. The molecule has 2 aromatic heterocycles. The lowest BCUT2D eigenvalue weighted by Crippen LogP contribution is -2.40. The van der Waals surface area contributed by atoms with E-state index in [0.717, 1.165) is 22.3 Å². The summed E-state index contributed by atoms with van der Waals surface area (Å²) < 4.78 is 51.8. The first-order chi connectivity index (χ1) is 19.0. The summed E-state index contributed by atoms with van der Waals surface area (Å²) >= 11 is 12.0. The normalized spacial score (nSPS) is 11.7. The van der Waals surface area contributed by atoms with Gasteiger partial charge in [-0.3, -0.25) is 18.5 Å². The predicted molar refractivity (Wildman–Crippen MR) is 144 cm³/mol. The van der Waals surface area contributed by atoms with E-state index in [1.165, 1.54) is 28.3 Å². The molecule has 0 bridgehead atoms. The van der Waals surface area contributed by atoms with Crippen molar-refractivity contribution in [1.29, 1.82) is 0 Å². The smallest absolute Gasteiger partial charge is 0.425 e. The number of aryl methyl sites for hydroxylation is 1. The largest absolute Gasteiger partial charge is 0.573 e. The number of hydrogen-bond acceptors (Lipinski definition) is 5. The number of rotatable bonds is 7. The zero-order valence-electron chi connectivity index (χ0n) is 20.7. The molecular formula is C27H19Cl2F3N4O4.